The Morgan fingerprint density at radius 2 is 2.14 bits per heavy atom. The molecular formula is C15H14N2O3S. The van der Waals surface area contributed by atoms with Crippen molar-refractivity contribution in [2.45, 2.75) is 11.4 Å². The van der Waals surface area contributed by atoms with E-state index in [-0.39, 0.29) is 12.7 Å². The summed E-state index contributed by atoms with van der Waals surface area (Å²) in [7, 11) is 0. The first kappa shape index (κ1) is 13.8. The third kappa shape index (κ3) is 3.66. The highest BCUT2D eigenvalue weighted by molar-refractivity contribution is 7.99. The maximum Gasteiger partial charge on any atom is 0.231 e. The fourth-order valence-electron chi connectivity index (χ4n) is 1.88. The molecule has 0 spiro atoms. The van der Waals surface area contributed by atoms with Crippen molar-refractivity contribution in [3.8, 4) is 11.5 Å². The molecule has 0 atom stereocenters. The summed E-state index contributed by atoms with van der Waals surface area (Å²) in [5, 5.41) is 3.77. The van der Waals surface area contributed by atoms with Gasteiger partial charge in [0.2, 0.25) is 12.7 Å². The minimum absolute atomic E-state index is 0.0303. The molecule has 2 aromatic rings. The molecule has 21 heavy (non-hydrogen) atoms. The molecule has 0 saturated heterocycles. The van der Waals surface area contributed by atoms with Gasteiger partial charge in [0.25, 0.3) is 0 Å². The molecule has 0 bridgehead atoms. The maximum absolute atomic E-state index is 11.9. The molecule has 1 amide bonds. The summed E-state index contributed by atoms with van der Waals surface area (Å²) in [6, 6.07) is 11.1. The van der Waals surface area contributed by atoms with Crippen molar-refractivity contribution >= 4 is 23.4 Å². The molecule has 0 radical (unpaired) electrons. The second-order valence-corrected chi connectivity index (χ2v) is 5.50. The molecule has 3 rings (SSSR count). The highest BCUT2D eigenvalue weighted by Crippen LogP contribution is 2.34. The Morgan fingerprint density at radius 1 is 1.24 bits per heavy atom. The van der Waals surface area contributed by atoms with E-state index in [9.17, 15) is 4.79 Å². The van der Waals surface area contributed by atoms with Crippen LogP contribution < -0.4 is 14.8 Å². The van der Waals surface area contributed by atoms with E-state index in [1.165, 1.54) is 0 Å². The fourth-order valence-corrected chi connectivity index (χ4v) is 2.69. The number of amides is 1. The first-order valence-electron chi connectivity index (χ1n) is 6.54. The van der Waals surface area contributed by atoms with Crippen molar-refractivity contribution in [2.24, 2.45) is 0 Å². The minimum atomic E-state index is -0.0303. The quantitative estimate of drug-likeness (QED) is 0.861. The van der Waals surface area contributed by atoms with Gasteiger partial charge in [0.15, 0.2) is 11.5 Å². The van der Waals surface area contributed by atoms with Gasteiger partial charge in [-0.3, -0.25) is 4.79 Å². The number of hydrogen-bond acceptors (Lipinski definition) is 5. The Morgan fingerprint density at radius 3 is 3.00 bits per heavy atom. The smallest absolute Gasteiger partial charge is 0.231 e. The lowest BCUT2D eigenvalue weighted by Gasteiger charge is -2.06. The molecule has 1 aliphatic heterocycles. The van der Waals surface area contributed by atoms with Crippen LogP contribution in [0.4, 0.5) is 5.69 Å². The largest absolute Gasteiger partial charge is 0.454 e. The third-order valence-corrected chi connectivity index (χ3v) is 3.82. The van der Waals surface area contributed by atoms with Crippen LogP contribution in [0.25, 0.3) is 0 Å². The van der Waals surface area contributed by atoms with Crippen LogP contribution in [-0.2, 0) is 4.79 Å². The predicted octanol–water partition coefficient (Wildman–Crippen LogP) is 2.93. The molecule has 108 valence electrons. The summed E-state index contributed by atoms with van der Waals surface area (Å²) in [5.74, 6) is 2.03. The Bertz CT molecular complexity index is 634. The Balaban J connectivity index is 1.48. The van der Waals surface area contributed by atoms with Crippen LogP contribution in [0, 0.1) is 0 Å². The standard InChI is InChI=1S/C15H14N2O3S/c18-14(6-8-21-15-3-1-2-7-16-15)17-11-4-5-12-13(9-11)20-10-19-12/h1-5,7,9H,6,8,10H2,(H,17,18). The highest BCUT2D eigenvalue weighted by atomic mass is 32.2. The molecular weight excluding hydrogens is 288 g/mol. The van der Waals surface area contributed by atoms with Crippen molar-refractivity contribution in [3.63, 3.8) is 0 Å². The molecule has 1 aromatic carbocycles. The number of ether oxygens (including phenoxy) is 2. The monoisotopic (exact) mass is 302 g/mol. The average molecular weight is 302 g/mol. The van der Waals surface area contributed by atoms with Gasteiger partial charge in [0.1, 0.15) is 0 Å². The second-order valence-electron chi connectivity index (χ2n) is 4.38. The molecule has 1 aromatic heterocycles. The second kappa shape index (κ2) is 6.49. The molecule has 2 heterocycles. The van der Waals surface area contributed by atoms with Gasteiger partial charge < -0.3 is 14.8 Å². The zero-order valence-corrected chi connectivity index (χ0v) is 12.1. The number of hydrogen-bond donors (Lipinski definition) is 1. The highest BCUT2D eigenvalue weighted by Gasteiger charge is 2.14. The molecule has 0 aliphatic carbocycles. The van der Waals surface area contributed by atoms with Gasteiger partial charge in [-0.05, 0) is 24.3 Å². The predicted molar refractivity (Wildman–Crippen MR) is 80.8 cm³/mol. The molecule has 6 heteroatoms. The minimum Gasteiger partial charge on any atom is -0.454 e. The van der Waals surface area contributed by atoms with Crippen LogP contribution in [0.2, 0.25) is 0 Å². The summed E-state index contributed by atoms with van der Waals surface area (Å²) in [6.45, 7) is 0.230. The number of rotatable bonds is 5. The van der Waals surface area contributed by atoms with E-state index in [0.717, 1.165) is 5.03 Å². The number of benzene rings is 1. The van der Waals surface area contributed by atoms with Gasteiger partial charge in [-0.2, -0.15) is 0 Å². The van der Waals surface area contributed by atoms with E-state index >= 15 is 0 Å². The van der Waals surface area contributed by atoms with Gasteiger partial charge in [-0.15, -0.1) is 11.8 Å². The number of thioether (sulfide) groups is 1. The van der Waals surface area contributed by atoms with E-state index in [4.69, 9.17) is 9.47 Å². The average Bonchev–Trinajstić information content (AvgIpc) is 2.96. The van der Waals surface area contributed by atoms with Gasteiger partial charge in [-0.25, -0.2) is 4.98 Å². The first-order chi connectivity index (χ1) is 10.3. The number of aromatic nitrogens is 1. The number of nitrogens with one attached hydrogen (secondary N) is 1. The van der Waals surface area contributed by atoms with Gasteiger partial charge >= 0.3 is 0 Å². The number of fused-ring (bicyclic) bond motifs is 1. The van der Waals surface area contributed by atoms with Crippen LogP contribution in [0.1, 0.15) is 6.42 Å². The summed E-state index contributed by atoms with van der Waals surface area (Å²) in [5.41, 5.74) is 0.715. The van der Waals surface area contributed by atoms with Crippen molar-refractivity contribution in [3.05, 3.63) is 42.6 Å². The van der Waals surface area contributed by atoms with E-state index in [2.05, 4.69) is 10.3 Å². The van der Waals surface area contributed by atoms with Gasteiger partial charge in [0, 0.05) is 30.1 Å². The topological polar surface area (TPSA) is 60.5 Å². The number of nitrogens with zero attached hydrogens (tertiary/aromatic N) is 1. The van der Waals surface area contributed by atoms with Crippen LogP contribution >= 0.6 is 11.8 Å². The number of carbonyl (C=O) groups is 1. The zero-order valence-electron chi connectivity index (χ0n) is 11.2. The Labute approximate surface area is 126 Å². The Kier molecular flexibility index (Phi) is 4.25. The molecule has 1 aliphatic rings. The number of carbonyl (C=O) groups excluding carboxylic acids is 1. The first-order valence-corrected chi connectivity index (χ1v) is 7.53. The van der Waals surface area contributed by atoms with Crippen molar-refractivity contribution < 1.29 is 14.3 Å². The van der Waals surface area contributed by atoms with Gasteiger partial charge in [0.05, 0.1) is 5.03 Å². The molecule has 0 unspecified atom stereocenters. The molecule has 1 N–H and O–H groups in total. The lowest BCUT2D eigenvalue weighted by molar-refractivity contribution is -0.115. The fraction of sp³-hybridized carbons (Fsp3) is 0.200. The van der Waals surface area contributed by atoms with Crippen LogP contribution in [0.15, 0.2) is 47.6 Å². The van der Waals surface area contributed by atoms with E-state index in [1.807, 2.05) is 18.2 Å². The number of anilines is 1. The van der Waals surface area contributed by atoms with E-state index in [1.54, 1.807) is 36.2 Å². The van der Waals surface area contributed by atoms with E-state index < -0.39 is 0 Å². The molecule has 5 nitrogen and oxygen atoms in total. The zero-order chi connectivity index (χ0) is 14.5. The Hall–Kier alpha value is -2.21. The lowest BCUT2D eigenvalue weighted by atomic mass is 10.2. The van der Waals surface area contributed by atoms with Crippen molar-refractivity contribution in [1.82, 2.24) is 4.98 Å². The van der Waals surface area contributed by atoms with E-state index in [0.29, 0.717) is 29.4 Å². The van der Waals surface area contributed by atoms with Crippen LogP contribution in [0.3, 0.4) is 0 Å². The SMILES string of the molecule is O=C(CCSc1ccccn1)Nc1ccc2c(c1)OCO2. The lowest BCUT2D eigenvalue weighted by Crippen LogP contribution is -2.12. The van der Waals surface area contributed by atoms with Crippen molar-refractivity contribution in [1.29, 1.82) is 0 Å². The summed E-state index contributed by atoms with van der Waals surface area (Å²) >= 11 is 1.56. The summed E-state index contributed by atoms with van der Waals surface area (Å²) in [4.78, 5) is 16.1. The maximum atomic E-state index is 11.9. The molecule has 0 saturated carbocycles. The van der Waals surface area contributed by atoms with Crippen LogP contribution in [-0.4, -0.2) is 23.4 Å². The van der Waals surface area contributed by atoms with Crippen molar-refractivity contribution in [2.75, 3.05) is 17.9 Å². The summed E-state index contributed by atoms with van der Waals surface area (Å²) < 4.78 is 10.5. The van der Waals surface area contributed by atoms with Gasteiger partial charge in [-0.1, -0.05) is 6.07 Å². The number of pyridine rings is 1. The van der Waals surface area contributed by atoms with Crippen LogP contribution in [0.5, 0.6) is 11.5 Å². The molecule has 0 fully saturated rings. The summed E-state index contributed by atoms with van der Waals surface area (Å²) in [6.07, 6.45) is 2.17. The third-order valence-electron chi connectivity index (χ3n) is 2.87. The normalized spacial score (nSPS) is 12.2.